The van der Waals surface area contributed by atoms with Crippen molar-refractivity contribution in [3.63, 3.8) is 0 Å². The topological polar surface area (TPSA) is 52.0 Å². The minimum atomic E-state index is -0.0740. The Hall–Kier alpha value is -2.27. The number of carbonyl (C=O) groups excluding carboxylic acids is 1. The van der Waals surface area contributed by atoms with Gasteiger partial charge in [-0.25, -0.2) is 4.98 Å². The minimum absolute atomic E-state index is 0.0203. The SMILES string of the molecule is CCc1ccc(CC)c(C(=O)Cn2cnc3sc4c(c3c2=O)CC[C@H](C)C4)c1. The van der Waals surface area contributed by atoms with E-state index in [9.17, 15) is 9.59 Å². The molecule has 1 aliphatic carbocycles. The first-order valence-corrected chi connectivity index (χ1v) is 11.0. The summed E-state index contributed by atoms with van der Waals surface area (Å²) in [7, 11) is 0. The second-order valence-electron chi connectivity index (χ2n) is 7.83. The number of hydrogen-bond donors (Lipinski definition) is 0. The lowest BCUT2D eigenvalue weighted by Crippen LogP contribution is -2.25. The molecule has 0 N–H and O–H groups in total. The number of fused-ring (bicyclic) bond motifs is 3. The molecular weight excluding hydrogens is 368 g/mol. The summed E-state index contributed by atoms with van der Waals surface area (Å²) in [6, 6.07) is 6.09. The summed E-state index contributed by atoms with van der Waals surface area (Å²) in [6.07, 6.45) is 6.30. The third-order valence-electron chi connectivity index (χ3n) is 5.86. The third-order valence-corrected chi connectivity index (χ3v) is 7.02. The predicted octanol–water partition coefficient (Wildman–Crippen LogP) is 4.59. The maximum Gasteiger partial charge on any atom is 0.262 e. The molecule has 0 radical (unpaired) electrons. The maximum absolute atomic E-state index is 13.2. The first-order chi connectivity index (χ1) is 13.5. The molecule has 5 heteroatoms. The van der Waals surface area contributed by atoms with Crippen molar-refractivity contribution in [2.75, 3.05) is 0 Å². The molecule has 146 valence electrons. The molecule has 4 rings (SSSR count). The van der Waals surface area contributed by atoms with Crippen LogP contribution in [0.15, 0.2) is 29.3 Å². The van der Waals surface area contributed by atoms with E-state index >= 15 is 0 Å². The van der Waals surface area contributed by atoms with Gasteiger partial charge in [0, 0.05) is 10.4 Å². The highest BCUT2D eigenvalue weighted by Gasteiger charge is 2.23. The molecule has 2 heterocycles. The number of carbonyl (C=O) groups is 1. The summed E-state index contributed by atoms with van der Waals surface area (Å²) < 4.78 is 1.49. The summed E-state index contributed by atoms with van der Waals surface area (Å²) in [6.45, 7) is 6.44. The monoisotopic (exact) mass is 394 g/mol. The van der Waals surface area contributed by atoms with Gasteiger partial charge in [-0.3, -0.25) is 14.2 Å². The molecule has 0 amide bonds. The number of Topliss-reactive ketones (excluding diaryl/α,β-unsaturated/α-hetero) is 1. The van der Waals surface area contributed by atoms with E-state index < -0.39 is 0 Å². The van der Waals surface area contributed by atoms with Crippen LogP contribution in [0, 0.1) is 5.92 Å². The number of nitrogens with zero attached hydrogens (tertiary/aromatic N) is 2. The number of aromatic nitrogens is 2. The molecule has 1 atom stereocenters. The van der Waals surface area contributed by atoms with Gasteiger partial charge in [-0.05, 0) is 60.8 Å². The van der Waals surface area contributed by atoms with E-state index in [0.717, 1.165) is 59.0 Å². The van der Waals surface area contributed by atoms with Crippen molar-refractivity contribution in [1.29, 1.82) is 0 Å². The number of thiophene rings is 1. The van der Waals surface area contributed by atoms with Gasteiger partial charge in [0.05, 0.1) is 18.3 Å². The fraction of sp³-hybridized carbons (Fsp3) is 0.435. The van der Waals surface area contributed by atoms with Gasteiger partial charge in [0.1, 0.15) is 4.83 Å². The van der Waals surface area contributed by atoms with E-state index in [1.807, 2.05) is 12.1 Å². The Morgan fingerprint density at radius 3 is 2.86 bits per heavy atom. The van der Waals surface area contributed by atoms with Crippen LogP contribution in [0.25, 0.3) is 10.2 Å². The summed E-state index contributed by atoms with van der Waals surface area (Å²) >= 11 is 1.64. The van der Waals surface area contributed by atoms with Crippen molar-refractivity contribution in [1.82, 2.24) is 9.55 Å². The van der Waals surface area contributed by atoms with Gasteiger partial charge in [0.25, 0.3) is 5.56 Å². The molecule has 0 saturated heterocycles. The molecule has 28 heavy (non-hydrogen) atoms. The Morgan fingerprint density at radius 1 is 1.29 bits per heavy atom. The fourth-order valence-corrected chi connectivity index (χ4v) is 5.47. The van der Waals surface area contributed by atoms with Crippen LogP contribution < -0.4 is 5.56 Å². The predicted molar refractivity (Wildman–Crippen MR) is 115 cm³/mol. The second-order valence-corrected chi connectivity index (χ2v) is 8.91. The van der Waals surface area contributed by atoms with E-state index in [1.165, 1.54) is 15.0 Å². The van der Waals surface area contributed by atoms with Crippen molar-refractivity contribution in [3.05, 3.63) is 62.0 Å². The second kappa shape index (κ2) is 7.63. The molecule has 0 fully saturated rings. The summed E-state index contributed by atoms with van der Waals surface area (Å²) in [5.41, 5.74) is 4.00. The van der Waals surface area contributed by atoms with E-state index in [-0.39, 0.29) is 17.9 Å². The van der Waals surface area contributed by atoms with Crippen LogP contribution in [-0.2, 0) is 32.2 Å². The van der Waals surface area contributed by atoms with Gasteiger partial charge in [-0.2, -0.15) is 0 Å². The van der Waals surface area contributed by atoms with E-state index in [2.05, 4.69) is 31.8 Å². The Labute approximate surface area is 169 Å². The molecule has 3 aromatic rings. The average molecular weight is 395 g/mol. The van der Waals surface area contributed by atoms with E-state index in [4.69, 9.17) is 0 Å². The van der Waals surface area contributed by atoms with Gasteiger partial charge < -0.3 is 0 Å². The Kier molecular flexibility index (Phi) is 5.19. The van der Waals surface area contributed by atoms with Gasteiger partial charge in [0.15, 0.2) is 5.78 Å². The molecule has 0 saturated carbocycles. The summed E-state index contributed by atoms with van der Waals surface area (Å²) in [5.74, 6) is 0.635. The molecule has 1 aromatic carbocycles. The third kappa shape index (κ3) is 3.32. The standard InChI is InChI=1S/C23H26N2O2S/c1-4-15-7-8-16(5-2)18(11-15)19(26)12-25-13-24-22-21(23(25)27)17-9-6-14(3)10-20(17)28-22/h7-8,11,13-14H,4-6,9-10,12H2,1-3H3/t14-/m0/s1. The van der Waals surface area contributed by atoms with Crippen molar-refractivity contribution in [2.45, 2.75) is 59.4 Å². The normalized spacial score (nSPS) is 16.3. The molecule has 0 bridgehead atoms. The zero-order valence-corrected chi connectivity index (χ0v) is 17.6. The lowest BCUT2D eigenvalue weighted by Gasteiger charge is -2.17. The van der Waals surface area contributed by atoms with Crippen molar-refractivity contribution < 1.29 is 4.79 Å². The minimum Gasteiger partial charge on any atom is -0.292 e. The van der Waals surface area contributed by atoms with Gasteiger partial charge >= 0.3 is 0 Å². The molecular formula is C23H26N2O2S. The van der Waals surface area contributed by atoms with Crippen molar-refractivity contribution >= 4 is 27.3 Å². The summed E-state index contributed by atoms with van der Waals surface area (Å²) in [5, 5.41) is 0.736. The first kappa shape index (κ1) is 19.1. The zero-order chi connectivity index (χ0) is 19.8. The lowest BCUT2D eigenvalue weighted by atomic mass is 9.89. The highest BCUT2D eigenvalue weighted by molar-refractivity contribution is 7.18. The average Bonchev–Trinajstić information content (AvgIpc) is 3.07. The van der Waals surface area contributed by atoms with Gasteiger partial charge in [-0.15, -0.1) is 11.3 Å². The quantitative estimate of drug-likeness (QED) is 0.595. The lowest BCUT2D eigenvalue weighted by molar-refractivity contribution is 0.0969. The van der Waals surface area contributed by atoms with Crippen LogP contribution in [0.4, 0.5) is 0 Å². The maximum atomic E-state index is 13.2. The van der Waals surface area contributed by atoms with Crippen LogP contribution in [0.1, 0.15) is 59.1 Å². The number of benzene rings is 1. The molecule has 0 spiro atoms. The van der Waals surface area contributed by atoms with Crippen molar-refractivity contribution in [3.8, 4) is 0 Å². The fourth-order valence-electron chi connectivity index (χ4n) is 4.13. The van der Waals surface area contributed by atoms with E-state index in [1.54, 1.807) is 17.7 Å². The molecule has 0 aliphatic heterocycles. The Balaban J connectivity index is 1.72. The molecule has 0 unspecified atom stereocenters. The summed E-state index contributed by atoms with van der Waals surface area (Å²) in [4.78, 5) is 32.8. The Bertz CT molecular complexity index is 1110. The molecule has 1 aliphatic rings. The number of ketones is 1. The van der Waals surface area contributed by atoms with E-state index in [0.29, 0.717) is 5.92 Å². The first-order valence-electron chi connectivity index (χ1n) is 10.2. The molecule has 4 nitrogen and oxygen atoms in total. The Morgan fingerprint density at radius 2 is 2.11 bits per heavy atom. The number of rotatable bonds is 5. The van der Waals surface area contributed by atoms with Crippen LogP contribution in [0.3, 0.4) is 0 Å². The van der Waals surface area contributed by atoms with Gasteiger partial charge in [0.2, 0.25) is 0 Å². The van der Waals surface area contributed by atoms with Crippen LogP contribution in [0.2, 0.25) is 0 Å². The highest BCUT2D eigenvalue weighted by atomic mass is 32.1. The largest absolute Gasteiger partial charge is 0.292 e. The van der Waals surface area contributed by atoms with Crippen LogP contribution in [0.5, 0.6) is 0 Å². The smallest absolute Gasteiger partial charge is 0.262 e. The number of hydrogen-bond acceptors (Lipinski definition) is 4. The molecule has 2 aromatic heterocycles. The highest BCUT2D eigenvalue weighted by Crippen LogP contribution is 2.35. The van der Waals surface area contributed by atoms with Crippen LogP contribution >= 0.6 is 11.3 Å². The van der Waals surface area contributed by atoms with Crippen LogP contribution in [-0.4, -0.2) is 15.3 Å². The van der Waals surface area contributed by atoms with Crippen molar-refractivity contribution in [2.24, 2.45) is 5.92 Å². The van der Waals surface area contributed by atoms with Gasteiger partial charge in [-0.1, -0.05) is 32.9 Å². The zero-order valence-electron chi connectivity index (χ0n) is 16.7. The number of aryl methyl sites for hydroxylation is 3.